The molecule has 2 rings (SSSR count). The zero-order valence-corrected chi connectivity index (χ0v) is 12.5. The second-order valence-corrected chi connectivity index (χ2v) is 4.99. The Balaban J connectivity index is 1.92. The average molecular weight is 303 g/mol. The number of nitrogens with one attached hydrogen (secondary N) is 2. The van der Waals surface area contributed by atoms with E-state index in [1.165, 1.54) is 24.5 Å². The Hall–Kier alpha value is -2.54. The van der Waals surface area contributed by atoms with Crippen LogP contribution in [0.2, 0.25) is 0 Å². The fourth-order valence-corrected chi connectivity index (χ4v) is 1.67. The third kappa shape index (κ3) is 4.78. The molecule has 0 unspecified atom stereocenters. The number of aromatic nitrogens is 2. The Morgan fingerprint density at radius 2 is 1.82 bits per heavy atom. The lowest BCUT2D eigenvalue weighted by Gasteiger charge is -2.10. The highest BCUT2D eigenvalue weighted by Gasteiger charge is 2.07. The van der Waals surface area contributed by atoms with Crippen LogP contribution in [0.4, 0.5) is 16.0 Å². The van der Waals surface area contributed by atoms with Crippen LogP contribution in [-0.2, 0) is 0 Å². The molecule has 0 fully saturated rings. The molecule has 1 heterocycles. The van der Waals surface area contributed by atoms with Crippen molar-refractivity contribution >= 4 is 17.5 Å². The quantitative estimate of drug-likeness (QED) is 0.849. The van der Waals surface area contributed by atoms with Crippen LogP contribution in [0.5, 0.6) is 0 Å². The van der Waals surface area contributed by atoms with Gasteiger partial charge in [-0.05, 0) is 38.4 Å². The van der Waals surface area contributed by atoms with Crippen LogP contribution in [-0.4, -0.2) is 48.0 Å². The van der Waals surface area contributed by atoms with Crippen molar-refractivity contribution in [1.82, 2.24) is 20.2 Å². The largest absolute Gasteiger partial charge is 0.351 e. The first-order valence-corrected chi connectivity index (χ1v) is 6.82. The van der Waals surface area contributed by atoms with Crippen molar-refractivity contribution in [1.29, 1.82) is 0 Å². The monoisotopic (exact) mass is 303 g/mol. The summed E-state index contributed by atoms with van der Waals surface area (Å²) in [4.78, 5) is 22.0. The molecule has 0 aliphatic carbocycles. The normalized spacial score (nSPS) is 10.5. The Morgan fingerprint density at radius 1 is 1.18 bits per heavy atom. The van der Waals surface area contributed by atoms with Gasteiger partial charge in [-0.25, -0.2) is 14.4 Å². The molecule has 6 nitrogen and oxygen atoms in total. The van der Waals surface area contributed by atoms with E-state index in [0.29, 0.717) is 23.7 Å². The minimum atomic E-state index is -0.309. The number of likely N-dealkylation sites (N-methyl/N-ethyl adjacent to an activating group) is 1. The number of halogens is 1. The van der Waals surface area contributed by atoms with Crippen molar-refractivity contribution in [3.63, 3.8) is 0 Å². The summed E-state index contributed by atoms with van der Waals surface area (Å²) in [6.45, 7) is 1.32. The van der Waals surface area contributed by atoms with E-state index < -0.39 is 0 Å². The van der Waals surface area contributed by atoms with Crippen molar-refractivity contribution in [2.45, 2.75) is 0 Å². The maximum absolute atomic E-state index is 12.8. The first-order chi connectivity index (χ1) is 10.5. The first-order valence-electron chi connectivity index (χ1n) is 6.82. The molecule has 7 heteroatoms. The van der Waals surface area contributed by atoms with Gasteiger partial charge in [0.05, 0.1) is 5.56 Å². The smallest absolute Gasteiger partial charge is 0.254 e. The van der Waals surface area contributed by atoms with Crippen LogP contribution >= 0.6 is 0 Å². The molecule has 0 spiro atoms. The Morgan fingerprint density at radius 3 is 2.41 bits per heavy atom. The highest BCUT2D eigenvalue weighted by molar-refractivity contribution is 5.93. The zero-order valence-electron chi connectivity index (χ0n) is 12.5. The van der Waals surface area contributed by atoms with Crippen molar-refractivity contribution in [2.24, 2.45) is 0 Å². The van der Waals surface area contributed by atoms with Crippen LogP contribution in [0, 0.1) is 5.82 Å². The summed E-state index contributed by atoms with van der Waals surface area (Å²) in [5.41, 5.74) is 1.06. The topological polar surface area (TPSA) is 70.2 Å². The van der Waals surface area contributed by atoms with Crippen LogP contribution < -0.4 is 10.6 Å². The number of rotatable bonds is 6. The molecular weight excluding hydrogens is 285 g/mol. The van der Waals surface area contributed by atoms with E-state index in [2.05, 4.69) is 20.6 Å². The third-order valence-corrected chi connectivity index (χ3v) is 2.86. The highest BCUT2D eigenvalue weighted by Crippen LogP contribution is 2.12. The van der Waals surface area contributed by atoms with Gasteiger partial charge in [0.1, 0.15) is 5.82 Å². The van der Waals surface area contributed by atoms with E-state index in [1.54, 1.807) is 12.1 Å². The number of anilines is 2. The molecule has 1 aromatic carbocycles. The lowest BCUT2D eigenvalue weighted by molar-refractivity contribution is 0.0950. The van der Waals surface area contributed by atoms with Crippen molar-refractivity contribution in [3.05, 3.63) is 48.0 Å². The van der Waals surface area contributed by atoms with Gasteiger partial charge in [0.2, 0.25) is 5.95 Å². The van der Waals surface area contributed by atoms with E-state index in [4.69, 9.17) is 0 Å². The average Bonchev–Trinajstić information content (AvgIpc) is 2.50. The number of hydrogen-bond donors (Lipinski definition) is 2. The molecule has 0 saturated heterocycles. The van der Waals surface area contributed by atoms with Gasteiger partial charge in [0.25, 0.3) is 5.91 Å². The van der Waals surface area contributed by atoms with Gasteiger partial charge < -0.3 is 15.5 Å². The molecule has 0 radical (unpaired) electrons. The van der Waals surface area contributed by atoms with Gasteiger partial charge >= 0.3 is 0 Å². The molecule has 2 aromatic rings. The Kier molecular flexibility index (Phi) is 5.37. The summed E-state index contributed by atoms with van der Waals surface area (Å²) in [7, 11) is 3.87. The molecular formula is C15H18FN5O. The second kappa shape index (κ2) is 7.46. The number of carbonyl (C=O) groups is 1. The van der Waals surface area contributed by atoms with Gasteiger partial charge in [-0.2, -0.15) is 0 Å². The summed E-state index contributed by atoms with van der Waals surface area (Å²) < 4.78 is 12.8. The fourth-order valence-electron chi connectivity index (χ4n) is 1.67. The summed E-state index contributed by atoms with van der Waals surface area (Å²) >= 11 is 0. The number of hydrogen-bond acceptors (Lipinski definition) is 5. The minimum Gasteiger partial charge on any atom is -0.351 e. The van der Waals surface area contributed by atoms with Crippen LogP contribution in [0.3, 0.4) is 0 Å². The maximum Gasteiger partial charge on any atom is 0.254 e. The van der Waals surface area contributed by atoms with Gasteiger partial charge in [0, 0.05) is 31.2 Å². The van der Waals surface area contributed by atoms with Crippen LogP contribution in [0.1, 0.15) is 10.4 Å². The Bertz CT molecular complexity index is 613. The van der Waals surface area contributed by atoms with Gasteiger partial charge in [0.15, 0.2) is 0 Å². The van der Waals surface area contributed by atoms with E-state index in [9.17, 15) is 9.18 Å². The lowest BCUT2D eigenvalue weighted by Crippen LogP contribution is -2.31. The predicted octanol–water partition coefficient (Wildman–Crippen LogP) is 1.65. The molecule has 116 valence electrons. The van der Waals surface area contributed by atoms with E-state index in [-0.39, 0.29) is 11.7 Å². The molecule has 0 aliphatic rings. The van der Waals surface area contributed by atoms with E-state index >= 15 is 0 Å². The van der Waals surface area contributed by atoms with Gasteiger partial charge in [-0.3, -0.25) is 4.79 Å². The van der Waals surface area contributed by atoms with Gasteiger partial charge in [-0.1, -0.05) is 0 Å². The summed E-state index contributed by atoms with van der Waals surface area (Å²) in [6, 6.07) is 5.85. The molecule has 1 amide bonds. The van der Waals surface area contributed by atoms with Crippen molar-refractivity contribution < 1.29 is 9.18 Å². The number of carbonyl (C=O) groups excluding carboxylic acids is 1. The minimum absolute atomic E-state index is 0.213. The van der Waals surface area contributed by atoms with E-state index in [1.807, 2.05) is 19.0 Å². The van der Waals surface area contributed by atoms with Crippen LogP contribution in [0.25, 0.3) is 0 Å². The summed E-state index contributed by atoms with van der Waals surface area (Å²) in [5, 5.41) is 5.71. The highest BCUT2D eigenvalue weighted by atomic mass is 19.1. The Labute approximate surface area is 128 Å². The van der Waals surface area contributed by atoms with Gasteiger partial charge in [-0.15, -0.1) is 0 Å². The molecule has 0 saturated carbocycles. The first kappa shape index (κ1) is 15.8. The molecule has 22 heavy (non-hydrogen) atoms. The summed E-state index contributed by atoms with van der Waals surface area (Å²) in [5.74, 6) is -0.178. The predicted molar refractivity (Wildman–Crippen MR) is 82.6 cm³/mol. The number of benzene rings is 1. The van der Waals surface area contributed by atoms with Crippen LogP contribution in [0.15, 0.2) is 36.7 Å². The molecule has 1 aromatic heterocycles. The molecule has 2 N–H and O–H groups in total. The second-order valence-electron chi connectivity index (χ2n) is 4.99. The summed E-state index contributed by atoms with van der Waals surface area (Å²) in [6.07, 6.45) is 2.90. The SMILES string of the molecule is CN(C)CCNC(=O)c1cnc(Nc2ccc(F)cc2)nc1. The number of nitrogens with zero attached hydrogens (tertiary/aromatic N) is 3. The standard InChI is InChI=1S/C15H18FN5O/c1-21(2)8-7-17-14(22)11-9-18-15(19-10-11)20-13-5-3-12(16)4-6-13/h3-6,9-10H,7-8H2,1-2H3,(H,17,22)(H,18,19,20). The lowest BCUT2D eigenvalue weighted by atomic mass is 10.3. The van der Waals surface area contributed by atoms with Crippen molar-refractivity contribution in [3.8, 4) is 0 Å². The fraction of sp³-hybridized carbons (Fsp3) is 0.267. The molecule has 0 atom stereocenters. The zero-order chi connectivity index (χ0) is 15.9. The number of amides is 1. The molecule has 0 bridgehead atoms. The third-order valence-electron chi connectivity index (χ3n) is 2.86. The molecule has 0 aliphatic heterocycles. The van der Waals surface area contributed by atoms with E-state index in [0.717, 1.165) is 6.54 Å². The van der Waals surface area contributed by atoms with Crippen molar-refractivity contribution in [2.75, 3.05) is 32.5 Å². The maximum atomic E-state index is 12.8.